The van der Waals surface area contributed by atoms with E-state index in [1.54, 1.807) is 6.07 Å². The smallest absolute Gasteiger partial charge is 0.367 e. The molecule has 4 aliphatic rings. The Balaban J connectivity index is 1.62. The number of fused-ring (bicyclic) bond motifs is 2. The van der Waals surface area contributed by atoms with Gasteiger partial charge in [-0.1, -0.05) is 0 Å². The van der Waals surface area contributed by atoms with Gasteiger partial charge in [-0.05, 0) is 38.0 Å². The van der Waals surface area contributed by atoms with E-state index >= 15 is 0 Å². The summed E-state index contributed by atoms with van der Waals surface area (Å²) in [4.78, 5) is 14.6. The molecule has 1 aromatic rings. The van der Waals surface area contributed by atoms with Crippen molar-refractivity contribution in [1.29, 1.82) is 5.26 Å². The van der Waals surface area contributed by atoms with Crippen LogP contribution in [0.5, 0.6) is 0 Å². The summed E-state index contributed by atoms with van der Waals surface area (Å²) < 4.78 is 52.3. The number of halogens is 3. The Morgan fingerprint density at radius 3 is 2.78 bits per heavy atom. The average Bonchev–Trinajstić information content (AvgIpc) is 3.20. The summed E-state index contributed by atoms with van der Waals surface area (Å²) in [7, 11) is 0. The normalized spacial score (nSPS) is 39.6. The van der Waals surface area contributed by atoms with E-state index in [4.69, 9.17) is 14.7 Å². The summed E-state index contributed by atoms with van der Waals surface area (Å²) in [6.07, 6.45) is -3.01. The van der Waals surface area contributed by atoms with E-state index in [1.165, 1.54) is 11.0 Å². The molecule has 5 atom stereocenters. The number of carbonyl (C=O) groups excluding carboxylic acids is 1. The van der Waals surface area contributed by atoms with Gasteiger partial charge in [0.2, 0.25) is 5.91 Å². The topological polar surface area (TPSA) is 62.6 Å². The Hall–Kier alpha value is -2.11. The van der Waals surface area contributed by atoms with Crippen LogP contribution in [0.1, 0.15) is 37.3 Å². The number of ether oxygens (including phenoxy) is 2. The van der Waals surface area contributed by atoms with Crippen LogP contribution in [0.4, 0.5) is 18.9 Å². The van der Waals surface area contributed by atoms with Crippen LogP contribution in [0.15, 0.2) is 18.2 Å². The predicted octanol–water partition coefficient (Wildman–Crippen LogP) is 3.22. The minimum absolute atomic E-state index is 0.116. The Labute approximate surface area is 153 Å². The molecule has 0 aromatic heterocycles. The Kier molecular flexibility index (Phi) is 3.17. The van der Waals surface area contributed by atoms with Crippen LogP contribution in [0, 0.1) is 23.2 Å². The van der Waals surface area contributed by atoms with E-state index in [0.29, 0.717) is 13.0 Å². The molecule has 27 heavy (non-hydrogen) atoms. The first kappa shape index (κ1) is 17.0. The summed E-state index contributed by atoms with van der Waals surface area (Å²) >= 11 is 0. The molecular formula is C19H17F3N2O3. The third kappa shape index (κ3) is 2.04. The van der Waals surface area contributed by atoms with Crippen LogP contribution >= 0.6 is 0 Å². The van der Waals surface area contributed by atoms with Crippen molar-refractivity contribution in [1.82, 2.24) is 0 Å². The van der Waals surface area contributed by atoms with E-state index in [9.17, 15) is 18.0 Å². The number of nitriles is 1. The lowest BCUT2D eigenvalue weighted by Crippen LogP contribution is -2.51. The molecule has 1 spiro atoms. The van der Waals surface area contributed by atoms with Gasteiger partial charge in [-0.25, -0.2) is 0 Å². The van der Waals surface area contributed by atoms with Crippen molar-refractivity contribution < 1.29 is 27.4 Å². The lowest BCUT2D eigenvalue weighted by Gasteiger charge is -2.41. The number of hydrogen-bond acceptors (Lipinski definition) is 4. The maximum absolute atomic E-state index is 13.4. The number of anilines is 1. The van der Waals surface area contributed by atoms with Crippen molar-refractivity contribution in [2.75, 3.05) is 11.5 Å². The molecule has 5 rings (SSSR count). The second-order valence-corrected chi connectivity index (χ2v) is 8.04. The van der Waals surface area contributed by atoms with Gasteiger partial charge in [-0.15, -0.1) is 0 Å². The first-order chi connectivity index (χ1) is 12.7. The summed E-state index contributed by atoms with van der Waals surface area (Å²) in [5, 5.41) is 9.00. The number of nitrogens with zero attached hydrogens (tertiary/aromatic N) is 2. The molecule has 4 heterocycles. The fraction of sp³-hybridized carbons (Fsp3) is 0.579. The highest BCUT2D eigenvalue weighted by molar-refractivity contribution is 6.00. The molecule has 0 aliphatic carbocycles. The number of rotatable bonds is 1. The summed E-state index contributed by atoms with van der Waals surface area (Å²) in [5.41, 5.74) is -2.41. The average molecular weight is 378 g/mol. The molecule has 8 heteroatoms. The molecule has 0 radical (unpaired) electrons. The van der Waals surface area contributed by atoms with Gasteiger partial charge in [0, 0.05) is 18.0 Å². The first-order valence-corrected chi connectivity index (χ1v) is 8.96. The van der Waals surface area contributed by atoms with Crippen molar-refractivity contribution in [3.63, 3.8) is 0 Å². The molecule has 5 nitrogen and oxygen atoms in total. The van der Waals surface area contributed by atoms with Crippen LogP contribution < -0.4 is 4.90 Å². The molecule has 142 valence electrons. The molecule has 4 aliphatic heterocycles. The number of alkyl halides is 3. The molecule has 2 bridgehead atoms. The van der Waals surface area contributed by atoms with Crippen LogP contribution in [-0.4, -0.2) is 29.9 Å². The molecule has 0 N–H and O–H groups in total. The van der Waals surface area contributed by atoms with Gasteiger partial charge in [0.05, 0.1) is 40.9 Å². The van der Waals surface area contributed by atoms with Crippen LogP contribution in [0.25, 0.3) is 0 Å². The van der Waals surface area contributed by atoms with Gasteiger partial charge in [0.25, 0.3) is 0 Å². The molecule has 0 saturated carbocycles. The lowest BCUT2D eigenvalue weighted by molar-refractivity contribution is -0.140. The second kappa shape index (κ2) is 5.03. The van der Waals surface area contributed by atoms with Crippen LogP contribution in [0.2, 0.25) is 0 Å². The van der Waals surface area contributed by atoms with Gasteiger partial charge in [-0.3, -0.25) is 9.69 Å². The quantitative estimate of drug-likeness (QED) is 0.753. The Bertz CT molecular complexity index is 891. The third-order valence-electron chi connectivity index (χ3n) is 6.69. The van der Waals surface area contributed by atoms with Crippen molar-refractivity contribution in [3.05, 3.63) is 29.3 Å². The number of amides is 1. The number of hydrogen-bond donors (Lipinski definition) is 0. The minimum Gasteiger partial charge on any atom is -0.367 e. The molecule has 0 unspecified atom stereocenters. The SMILES string of the molecule is C[C@]12CC[C@]3(CCO[C@H]4[C@@H]3[C@@H]1C(=O)N4c1ccc(C#N)c(C(F)(F)F)c1)O2. The van der Waals surface area contributed by atoms with E-state index in [0.717, 1.165) is 25.0 Å². The summed E-state index contributed by atoms with van der Waals surface area (Å²) in [6, 6.07) is 4.96. The highest BCUT2D eigenvalue weighted by Gasteiger charge is 2.75. The van der Waals surface area contributed by atoms with Gasteiger partial charge < -0.3 is 9.47 Å². The fourth-order valence-electron chi connectivity index (χ4n) is 5.60. The standard InChI is InChI=1S/C19H17F3N2O3/c1-17-4-5-18(27-17)6-7-26-16-14(18)13(17)15(25)24(16)11-3-2-10(9-23)12(8-11)19(20,21)22/h2-3,8,13-14,16H,4-7H2,1H3/t13-,14+,16+,17+,18-/m1/s1. The third-order valence-corrected chi connectivity index (χ3v) is 6.69. The zero-order valence-electron chi connectivity index (χ0n) is 14.5. The summed E-state index contributed by atoms with van der Waals surface area (Å²) in [6.45, 7) is 2.32. The molecular weight excluding hydrogens is 361 g/mol. The van der Waals surface area contributed by atoms with E-state index in [2.05, 4.69) is 0 Å². The van der Waals surface area contributed by atoms with Crippen LogP contribution in [0.3, 0.4) is 0 Å². The predicted molar refractivity (Wildman–Crippen MR) is 86.4 cm³/mol. The largest absolute Gasteiger partial charge is 0.417 e. The highest BCUT2D eigenvalue weighted by atomic mass is 19.4. The first-order valence-electron chi connectivity index (χ1n) is 8.96. The monoisotopic (exact) mass is 378 g/mol. The minimum atomic E-state index is -4.68. The second-order valence-electron chi connectivity index (χ2n) is 8.04. The van der Waals surface area contributed by atoms with Gasteiger partial charge >= 0.3 is 6.18 Å². The van der Waals surface area contributed by atoms with Crippen molar-refractivity contribution in [3.8, 4) is 6.07 Å². The number of carbonyl (C=O) groups is 1. The van der Waals surface area contributed by atoms with Crippen molar-refractivity contribution >= 4 is 11.6 Å². The lowest BCUT2D eigenvalue weighted by atomic mass is 9.66. The fourth-order valence-corrected chi connectivity index (χ4v) is 5.60. The van der Waals surface area contributed by atoms with E-state index in [-0.39, 0.29) is 17.5 Å². The molecule has 1 aromatic carbocycles. The Morgan fingerprint density at radius 1 is 1.30 bits per heavy atom. The van der Waals surface area contributed by atoms with Gasteiger partial charge in [0.1, 0.15) is 6.23 Å². The zero-order valence-corrected chi connectivity index (χ0v) is 14.5. The van der Waals surface area contributed by atoms with E-state index < -0.39 is 40.7 Å². The maximum Gasteiger partial charge on any atom is 0.417 e. The molecule has 1 amide bonds. The molecule has 4 saturated heterocycles. The van der Waals surface area contributed by atoms with E-state index in [1.807, 2.05) is 6.92 Å². The van der Waals surface area contributed by atoms with Crippen LogP contribution in [-0.2, 0) is 20.4 Å². The Morgan fingerprint density at radius 2 is 2.07 bits per heavy atom. The van der Waals surface area contributed by atoms with Crippen molar-refractivity contribution in [2.45, 2.75) is 49.8 Å². The zero-order chi connectivity index (χ0) is 19.2. The van der Waals surface area contributed by atoms with Gasteiger partial charge in [0.15, 0.2) is 0 Å². The number of benzene rings is 1. The highest BCUT2D eigenvalue weighted by Crippen LogP contribution is 2.65. The summed E-state index contributed by atoms with van der Waals surface area (Å²) in [5.74, 6) is -0.849. The molecule has 4 fully saturated rings. The van der Waals surface area contributed by atoms with Crippen molar-refractivity contribution in [2.24, 2.45) is 11.8 Å². The maximum atomic E-state index is 13.4. The van der Waals surface area contributed by atoms with Gasteiger partial charge in [-0.2, -0.15) is 18.4 Å².